The Balaban J connectivity index is 1.84. The van der Waals surface area contributed by atoms with Crippen molar-refractivity contribution in [1.29, 1.82) is 0 Å². The third-order valence-electron chi connectivity index (χ3n) is 2.96. The van der Waals surface area contributed by atoms with E-state index < -0.39 is 5.82 Å². The second-order valence-corrected chi connectivity index (χ2v) is 4.56. The SMILES string of the molecule is Nc1cc(-c2nc(Cc3cccc(F)c3)no2)ccc1F. The van der Waals surface area contributed by atoms with Gasteiger partial charge in [-0.05, 0) is 35.9 Å². The maximum Gasteiger partial charge on any atom is 0.258 e. The monoisotopic (exact) mass is 287 g/mol. The number of halogens is 2. The molecule has 1 aromatic heterocycles. The minimum absolute atomic E-state index is 0.0115. The molecule has 106 valence electrons. The van der Waals surface area contributed by atoms with Crippen LogP contribution < -0.4 is 5.73 Å². The van der Waals surface area contributed by atoms with Crippen LogP contribution >= 0.6 is 0 Å². The van der Waals surface area contributed by atoms with E-state index in [4.69, 9.17) is 10.3 Å². The van der Waals surface area contributed by atoms with E-state index in [0.29, 0.717) is 17.8 Å². The molecule has 21 heavy (non-hydrogen) atoms. The van der Waals surface area contributed by atoms with Crippen LogP contribution in [0.5, 0.6) is 0 Å². The largest absolute Gasteiger partial charge is 0.396 e. The van der Waals surface area contributed by atoms with Crippen molar-refractivity contribution in [1.82, 2.24) is 10.1 Å². The van der Waals surface area contributed by atoms with E-state index in [1.165, 1.54) is 30.3 Å². The molecule has 3 rings (SSSR count). The molecule has 6 heteroatoms. The van der Waals surface area contributed by atoms with E-state index in [1.54, 1.807) is 12.1 Å². The second kappa shape index (κ2) is 5.32. The van der Waals surface area contributed by atoms with Gasteiger partial charge in [-0.3, -0.25) is 0 Å². The Morgan fingerprint density at radius 1 is 1.10 bits per heavy atom. The van der Waals surface area contributed by atoms with Gasteiger partial charge in [0, 0.05) is 12.0 Å². The summed E-state index contributed by atoms with van der Waals surface area (Å²) in [4.78, 5) is 4.20. The Hall–Kier alpha value is -2.76. The van der Waals surface area contributed by atoms with Crippen molar-refractivity contribution in [3.05, 3.63) is 65.5 Å². The fraction of sp³-hybridized carbons (Fsp3) is 0.0667. The van der Waals surface area contributed by atoms with Crippen molar-refractivity contribution in [2.75, 3.05) is 5.73 Å². The minimum Gasteiger partial charge on any atom is -0.396 e. The van der Waals surface area contributed by atoms with Crippen LogP contribution in [0.25, 0.3) is 11.5 Å². The molecule has 0 saturated carbocycles. The molecule has 1 heterocycles. The Kier molecular flexibility index (Phi) is 3.35. The van der Waals surface area contributed by atoms with E-state index in [2.05, 4.69) is 10.1 Å². The zero-order valence-corrected chi connectivity index (χ0v) is 10.9. The van der Waals surface area contributed by atoms with Crippen LogP contribution in [0.3, 0.4) is 0 Å². The fourth-order valence-corrected chi connectivity index (χ4v) is 1.95. The standard InChI is InChI=1S/C15H11F2N3O/c16-11-3-1-2-9(6-11)7-14-19-15(21-20-14)10-4-5-12(17)13(18)8-10/h1-6,8H,7,18H2. The summed E-state index contributed by atoms with van der Waals surface area (Å²) in [6.45, 7) is 0. The Labute approximate surface area is 119 Å². The van der Waals surface area contributed by atoms with Gasteiger partial charge in [-0.15, -0.1) is 0 Å². The summed E-state index contributed by atoms with van der Waals surface area (Å²) in [6, 6.07) is 10.3. The molecule has 0 fully saturated rings. The number of hydrogen-bond acceptors (Lipinski definition) is 4. The van der Waals surface area contributed by atoms with Crippen LogP contribution in [0.4, 0.5) is 14.5 Å². The Morgan fingerprint density at radius 3 is 2.71 bits per heavy atom. The summed E-state index contributed by atoms with van der Waals surface area (Å²) in [7, 11) is 0. The third-order valence-corrected chi connectivity index (χ3v) is 2.96. The van der Waals surface area contributed by atoms with Crippen LogP contribution in [-0.4, -0.2) is 10.1 Å². The van der Waals surface area contributed by atoms with Gasteiger partial charge in [0.15, 0.2) is 5.82 Å². The molecule has 4 nitrogen and oxygen atoms in total. The molecule has 0 aliphatic carbocycles. The van der Waals surface area contributed by atoms with Gasteiger partial charge in [-0.25, -0.2) is 8.78 Å². The average Bonchev–Trinajstić information content (AvgIpc) is 2.90. The van der Waals surface area contributed by atoms with Gasteiger partial charge in [-0.1, -0.05) is 17.3 Å². The summed E-state index contributed by atoms with van der Waals surface area (Å²) < 4.78 is 31.3. The number of nitrogen functional groups attached to an aromatic ring is 1. The number of hydrogen-bond donors (Lipinski definition) is 1. The predicted molar refractivity (Wildman–Crippen MR) is 73.3 cm³/mol. The molecule has 0 aliphatic rings. The molecule has 0 atom stereocenters. The molecular formula is C15H11F2N3O. The summed E-state index contributed by atoms with van der Waals surface area (Å²) in [5.41, 5.74) is 6.78. The molecule has 2 aromatic carbocycles. The van der Waals surface area contributed by atoms with Gasteiger partial charge in [0.2, 0.25) is 0 Å². The van der Waals surface area contributed by atoms with E-state index in [1.807, 2.05) is 0 Å². The number of benzene rings is 2. The lowest BCUT2D eigenvalue weighted by molar-refractivity contribution is 0.424. The maximum absolute atomic E-state index is 13.1. The van der Waals surface area contributed by atoms with Gasteiger partial charge in [0.05, 0.1) is 5.69 Å². The molecule has 0 spiro atoms. The van der Waals surface area contributed by atoms with Crippen molar-refractivity contribution in [2.45, 2.75) is 6.42 Å². The first-order chi connectivity index (χ1) is 10.1. The molecule has 0 aliphatic heterocycles. The lowest BCUT2D eigenvalue weighted by Gasteiger charge is -1.98. The third kappa shape index (κ3) is 2.89. The van der Waals surface area contributed by atoms with E-state index in [-0.39, 0.29) is 17.4 Å². The topological polar surface area (TPSA) is 64.9 Å². The van der Waals surface area contributed by atoms with Crippen molar-refractivity contribution in [3.8, 4) is 11.5 Å². The predicted octanol–water partition coefficient (Wildman–Crippen LogP) is 3.19. The number of anilines is 1. The lowest BCUT2D eigenvalue weighted by atomic mass is 10.1. The van der Waals surface area contributed by atoms with Crippen LogP contribution in [0.1, 0.15) is 11.4 Å². The highest BCUT2D eigenvalue weighted by Crippen LogP contribution is 2.22. The van der Waals surface area contributed by atoms with Crippen molar-refractivity contribution < 1.29 is 13.3 Å². The first-order valence-corrected chi connectivity index (χ1v) is 6.24. The Morgan fingerprint density at radius 2 is 1.95 bits per heavy atom. The van der Waals surface area contributed by atoms with Crippen molar-refractivity contribution >= 4 is 5.69 Å². The molecule has 0 amide bonds. The highest BCUT2D eigenvalue weighted by Gasteiger charge is 2.11. The van der Waals surface area contributed by atoms with E-state index in [0.717, 1.165) is 5.56 Å². The number of nitrogens with two attached hydrogens (primary N) is 1. The molecule has 3 aromatic rings. The van der Waals surface area contributed by atoms with E-state index in [9.17, 15) is 8.78 Å². The van der Waals surface area contributed by atoms with Crippen molar-refractivity contribution in [2.24, 2.45) is 0 Å². The maximum atomic E-state index is 13.1. The number of nitrogens with zero attached hydrogens (tertiary/aromatic N) is 2. The fourth-order valence-electron chi connectivity index (χ4n) is 1.95. The molecular weight excluding hydrogens is 276 g/mol. The Bertz CT molecular complexity index is 786. The highest BCUT2D eigenvalue weighted by molar-refractivity contribution is 5.60. The van der Waals surface area contributed by atoms with Gasteiger partial charge in [-0.2, -0.15) is 4.98 Å². The highest BCUT2D eigenvalue weighted by atomic mass is 19.1. The first-order valence-electron chi connectivity index (χ1n) is 6.24. The minimum atomic E-state index is -0.502. The van der Waals surface area contributed by atoms with E-state index >= 15 is 0 Å². The van der Waals surface area contributed by atoms with Crippen LogP contribution in [-0.2, 0) is 6.42 Å². The number of rotatable bonds is 3. The summed E-state index contributed by atoms with van der Waals surface area (Å²) in [6.07, 6.45) is 0.345. The second-order valence-electron chi connectivity index (χ2n) is 4.56. The molecule has 0 unspecified atom stereocenters. The molecule has 2 N–H and O–H groups in total. The van der Waals surface area contributed by atoms with Gasteiger partial charge >= 0.3 is 0 Å². The van der Waals surface area contributed by atoms with Crippen molar-refractivity contribution in [3.63, 3.8) is 0 Å². The lowest BCUT2D eigenvalue weighted by Crippen LogP contribution is -1.92. The summed E-state index contributed by atoms with van der Waals surface area (Å²) >= 11 is 0. The molecule has 0 radical (unpaired) electrons. The normalized spacial score (nSPS) is 10.8. The smallest absolute Gasteiger partial charge is 0.258 e. The van der Waals surface area contributed by atoms with Crippen LogP contribution in [0.15, 0.2) is 47.0 Å². The van der Waals surface area contributed by atoms with Crippen LogP contribution in [0.2, 0.25) is 0 Å². The zero-order valence-electron chi connectivity index (χ0n) is 10.9. The molecule has 0 saturated heterocycles. The average molecular weight is 287 g/mol. The quantitative estimate of drug-likeness (QED) is 0.751. The zero-order chi connectivity index (χ0) is 14.8. The first kappa shape index (κ1) is 13.2. The van der Waals surface area contributed by atoms with Gasteiger partial charge in [0.25, 0.3) is 5.89 Å². The number of aromatic nitrogens is 2. The van der Waals surface area contributed by atoms with Crippen LogP contribution in [0, 0.1) is 11.6 Å². The van der Waals surface area contributed by atoms with Gasteiger partial charge < -0.3 is 10.3 Å². The van der Waals surface area contributed by atoms with Gasteiger partial charge in [0.1, 0.15) is 11.6 Å². The summed E-state index contributed by atoms with van der Waals surface area (Å²) in [5.74, 6) is -0.160. The summed E-state index contributed by atoms with van der Waals surface area (Å²) in [5, 5.41) is 3.83. The molecule has 0 bridgehead atoms.